The third kappa shape index (κ3) is 6.04. The van der Waals surface area contributed by atoms with Gasteiger partial charge in [-0.2, -0.15) is 8.42 Å². The number of carbonyl (C=O) groups is 1. The number of benzene rings is 4. The van der Waals surface area contributed by atoms with Gasteiger partial charge in [0.15, 0.2) is 0 Å². The summed E-state index contributed by atoms with van der Waals surface area (Å²) in [7, 11) is -4.55. The van der Waals surface area contributed by atoms with Gasteiger partial charge in [-0.3, -0.25) is 4.55 Å². The predicted molar refractivity (Wildman–Crippen MR) is 180 cm³/mol. The van der Waals surface area contributed by atoms with Crippen molar-refractivity contribution in [2.24, 2.45) is 0 Å². The maximum absolute atomic E-state index is 14.8. The van der Waals surface area contributed by atoms with E-state index in [4.69, 9.17) is 4.74 Å². The van der Waals surface area contributed by atoms with E-state index < -0.39 is 10.1 Å². The van der Waals surface area contributed by atoms with Crippen LogP contribution in [0.15, 0.2) is 65.6 Å². The maximum Gasteiger partial charge on any atom is 0.344 e. The molecule has 0 spiro atoms. The van der Waals surface area contributed by atoms with Gasteiger partial charge in [-0.1, -0.05) is 118 Å². The number of hydrogen-bond acceptors (Lipinski definition) is 4. The Labute approximate surface area is 267 Å². The minimum absolute atomic E-state index is 0.156. The average molecular weight is 625 g/mol. The summed E-state index contributed by atoms with van der Waals surface area (Å²) in [5.74, 6) is 1.22. The molecule has 0 aromatic heterocycles. The normalized spacial score (nSPS) is 19.2. The first-order valence-corrected chi connectivity index (χ1v) is 18.6. The molecular weight excluding hydrogens is 580 g/mol. The minimum Gasteiger partial charge on any atom is -0.422 e. The van der Waals surface area contributed by atoms with Crippen molar-refractivity contribution >= 4 is 37.6 Å². The molecule has 5 nitrogen and oxygen atoms in total. The van der Waals surface area contributed by atoms with Gasteiger partial charge in [-0.05, 0) is 73.0 Å². The summed E-state index contributed by atoms with van der Waals surface area (Å²) in [6.07, 6.45) is 17.8. The van der Waals surface area contributed by atoms with Crippen LogP contribution in [-0.4, -0.2) is 18.9 Å². The number of fused-ring (bicyclic) bond motifs is 2. The number of hydrogen-bond donors (Lipinski definition) is 1. The molecule has 0 unspecified atom stereocenters. The van der Waals surface area contributed by atoms with Crippen LogP contribution in [0.25, 0.3) is 21.5 Å². The summed E-state index contributed by atoms with van der Waals surface area (Å²) >= 11 is 0. The fourth-order valence-corrected chi connectivity index (χ4v) is 9.58. The van der Waals surface area contributed by atoms with Gasteiger partial charge in [-0.25, -0.2) is 4.79 Å². The first-order chi connectivity index (χ1) is 21.9. The lowest BCUT2D eigenvalue weighted by molar-refractivity contribution is 0.0735. The van der Waals surface area contributed by atoms with Crippen molar-refractivity contribution in [2.45, 2.75) is 119 Å². The second kappa shape index (κ2) is 12.9. The average Bonchev–Trinajstić information content (AvgIpc) is 3.08. The van der Waals surface area contributed by atoms with E-state index in [-0.39, 0.29) is 10.9 Å². The second-order valence-corrected chi connectivity index (χ2v) is 15.1. The number of ether oxygens (including phenoxy) is 1. The molecule has 6 heteroatoms. The van der Waals surface area contributed by atoms with Gasteiger partial charge in [0, 0.05) is 21.5 Å². The Morgan fingerprint density at radius 3 is 1.42 bits per heavy atom. The molecule has 0 heterocycles. The van der Waals surface area contributed by atoms with Crippen LogP contribution in [0.1, 0.15) is 141 Å². The molecule has 0 radical (unpaired) electrons. The Hall–Kier alpha value is -3.22. The summed E-state index contributed by atoms with van der Waals surface area (Å²) in [5.41, 5.74) is 4.51. The zero-order valence-electron chi connectivity index (χ0n) is 26.1. The Kier molecular flexibility index (Phi) is 8.71. The Morgan fingerprint density at radius 1 is 0.600 bits per heavy atom. The van der Waals surface area contributed by atoms with Gasteiger partial charge >= 0.3 is 5.97 Å². The lowest BCUT2D eigenvalue weighted by Gasteiger charge is -2.32. The second-order valence-electron chi connectivity index (χ2n) is 13.7. The van der Waals surface area contributed by atoms with Crippen molar-refractivity contribution in [3.63, 3.8) is 0 Å². The molecule has 3 fully saturated rings. The molecule has 4 aromatic carbocycles. The first kappa shape index (κ1) is 30.4. The van der Waals surface area contributed by atoms with Crippen LogP contribution >= 0.6 is 0 Å². The molecule has 0 saturated heterocycles. The number of rotatable bonds is 6. The van der Waals surface area contributed by atoms with E-state index in [1.807, 2.05) is 12.1 Å². The SMILES string of the molecule is O=C(Oc1c2ccccc2c(S(=O)(=O)O)c2ccccc12)c1c(C2CCCCC2)cc(C2CCCCC2)cc1C1CCCCC1. The van der Waals surface area contributed by atoms with Gasteiger partial charge < -0.3 is 4.74 Å². The van der Waals surface area contributed by atoms with Gasteiger partial charge in [0.05, 0.1) is 5.56 Å². The van der Waals surface area contributed by atoms with Crippen LogP contribution in [0.3, 0.4) is 0 Å². The van der Waals surface area contributed by atoms with Crippen molar-refractivity contribution in [1.82, 2.24) is 0 Å². The van der Waals surface area contributed by atoms with Crippen molar-refractivity contribution in [1.29, 1.82) is 0 Å². The summed E-state index contributed by atoms with van der Waals surface area (Å²) in [6.45, 7) is 0. The lowest BCUT2D eigenvalue weighted by atomic mass is 9.73. The van der Waals surface area contributed by atoms with Crippen LogP contribution < -0.4 is 4.74 Å². The van der Waals surface area contributed by atoms with E-state index >= 15 is 0 Å². The van der Waals surface area contributed by atoms with Crippen LogP contribution in [0, 0.1) is 0 Å². The van der Waals surface area contributed by atoms with E-state index in [0.29, 0.717) is 45.0 Å². The molecular formula is C39H44O5S. The van der Waals surface area contributed by atoms with Crippen molar-refractivity contribution in [3.05, 3.63) is 82.9 Å². The highest BCUT2D eigenvalue weighted by atomic mass is 32.2. The van der Waals surface area contributed by atoms with Gasteiger partial charge in [-0.15, -0.1) is 0 Å². The highest BCUT2D eigenvalue weighted by Crippen LogP contribution is 2.46. The van der Waals surface area contributed by atoms with Gasteiger partial charge in [0.25, 0.3) is 10.1 Å². The third-order valence-corrected chi connectivity index (χ3v) is 11.8. The number of carbonyl (C=O) groups excluding carboxylic acids is 1. The van der Waals surface area contributed by atoms with E-state index in [1.165, 1.54) is 87.3 Å². The highest BCUT2D eigenvalue weighted by molar-refractivity contribution is 7.86. The smallest absolute Gasteiger partial charge is 0.344 e. The molecule has 3 saturated carbocycles. The molecule has 3 aliphatic carbocycles. The topological polar surface area (TPSA) is 80.7 Å². The molecule has 0 amide bonds. The van der Waals surface area contributed by atoms with Crippen molar-refractivity contribution < 1.29 is 22.5 Å². The minimum atomic E-state index is -4.55. The van der Waals surface area contributed by atoms with Crippen molar-refractivity contribution in [3.8, 4) is 5.75 Å². The first-order valence-electron chi connectivity index (χ1n) is 17.2. The predicted octanol–water partition coefficient (Wildman–Crippen LogP) is 10.6. The molecule has 0 bridgehead atoms. The van der Waals surface area contributed by atoms with E-state index in [0.717, 1.165) is 31.2 Å². The van der Waals surface area contributed by atoms with Crippen molar-refractivity contribution in [2.75, 3.05) is 0 Å². The molecule has 7 rings (SSSR count). The Bertz CT molecular complexity index is 1730. The summed E-state index contributed by atoms with van der Waals surface area (Å²) < 4.78 is 42.2. The zero-order chi connectivity index (χ0) is 31.0. The molecule has 1 N–H and O–H groups in total. The summed E-state index contributed by atoms with van der Waals surface area (Å²) in [5, 5.41) is 1.67. The van der Waals surface area contributed by atoms with E-state index in [1.54, 1.807) is 36.4 Å². The molecule has 0 aliphatic heterocycles. The molecule has 4 aromatic rings. The molecule has 3 aliphatic rings. The molecule has 45 heavy (non-hydrogen) atoms. The summed E-state index contributed by atoms with van der Waals surface area (Å²) in [4.78, 5) is 14.7. The number of esters is 1. The highest BCUT2D eigenvalue weighted by Gasteiger charge is 2.32. The van der Waals surface area contributed by atoms with E-state index in [9.17, 15) is 17.8 Å². The zero-order valence-corrected chi connectivity index (χ0v) is 26.9. The van der Waals surface area contributed by atoms with Gasteiger partial charge in [0.2, 0.25) is 0 Å². The fraction of sp³-hybridized carbons (Fsp3) is 0.462. The monoisotopic (exact) mass is 624 g/mol. The quantitative estimate of drug-likeness (QED) is 0.0999. The van der Waals surface area contributed by atoms with Gasteiger partial charge in [0.1, 0.15) is 10.6 Å². The Morgan fingerprint density at radius 2 is 1.00 bits per heavy atom. The largest absolute Gasteiger partial charge is 0.422 e. The lowest BCUT2D eigenvalue weighted by Crippen LogP contribution is -2.21. The molecule has 0 atom stereocenters. The maximum atomic E-state index is 14.8. The van der Waals surface area contributed by atoms with Crippen LogP contribution in [0.2, 0.25) is 0 Å². The third-order valence-electron chi connectivity index (χ3n) is 10.9. The van der Waals surface area contributed by atoms with Crippen LogP contribution in [0.4, 0.5) is 0 Å². The Balaban J connectivity index is 1.42. The summed E-state index contributed by atoms with van der Waals surface area (Å²) in [6, 6.07) is 18.7. The standard InChI is InChI=1S/C39H44O5S/c40-39(44-37-30-20-10-12-22-32(30)38(45(41,42)43)33-23-13-11-21-31(33)37)36-34(27-16-6-2-7-17-27)24-29(26-14-4-1-5-15-26)25-35(36)28-18-8-3-9-19-28/h10-13,20-28H,1-9,14-19H2,(H,41,42,43). The van der Waals surface area contributed by atoms with Crippen LogP contribution in [-0.2, 0) is 10.1 Å². The fourth-order valence-electron chi connectivity index (χ4n) is 8.67. The van der Waals surface area contributed by atoms with Crippen LogP contribution in [0.5, 0.6) is 5.75 Å². The van der Waals surface area contributed by atoms with E-state index in [2.05, 4.69) is 12.1 Å². The molecule has 236 valence electrons.